The lowest BCUT2D eigenvalue weighted by atomic mass is 10.3. The molecule has 6 heteroatoms. The van der Waals surface area contributed by atoms with Crippen molar-refractivity contribution < 1.29 is 13.2 Å². The molecule has 1 aliphatic carbocycles. The highest BCUT2D eigenvalue weighted by Gasteiger charge is 2.37. The molecule has 92 valence electrons. The van der Waals surface area contributed by atoms with Gasteiger partial charge in [0.25, 0.3) is 0 Å². The minimum Gasteiger partial charge on any atom is -0.335 e. The van der Waals surface area contributed by atoms with Crippen LogP contribution in [-0.4, -0.2) is 49.5 Å². The van der Waals surface area contributed by atoms with Crippen LogP contribution in [0, 0.1) is 5.92 Å². The van der Waals surface area contributed by atoms with E-state index in [0.717, 1.165) is 6.42 Å². The third kappa shape index (κ3) is 2.48. The summed E-state index contributed by atoms with van der Waals surface area (Å²) in [6.07, 6.45) is 1.03. The lowest BCUT2D eigenvalue weighted by Crippen LogP contribution is -2.53. The van der Waals surface area contributed by atoms with Crippen LogP contribution < -0.4 is 5.32 Å². The molecule has 0 spiro atoms. The highest BCUT2D eigenvalue weighted by atomic mass is 32.2. The Morgan fingerprint density at radius 2 is 2.00 bits per heavy atom. The van der Waals surface area contributed by atoms with Gasteiger partial charge in [0.1, 0.15) is 0 Å². The number of hydrogen-bond donors (Lipinski definition) is 1. The SMILES string of the molecule is CC1CC1NC(=O)N1CCS(=O)(=O)CC1C. The van der Waals surface area contributed by atoms with Gasteiger partial charge in [-0.3, -0.25) is 0 Å². The molecule has 3 atom stereocenters. The standard InChI is InChI=1S/C10H18N2O3S/c1-7-5-9(7)11-10(13)12-3-4-16(14,15)6-8(12)2/h7-9H,3-6H2,1-2H3,(H,11,13). The quantitative estimate of drug-likeness (QED) is 0.720. The number of nitrogens with one attached hydrogen (secondary N) is 1. The van der Waals surface area contributed by atoms with Crippen LogP contribution in [-0.2, 0) is 9.84 Å². The topological polar surface area (TPSA) is 66.5 Å². The fourth-order valence-corrected chi connectivity index (χ4v) is 3.62. The summed E-state index contributed by atoms with van der Waals surface area (Å²) in [5.41, 5.74) is 0. The van der Waals surface area contributed by atoms with E-state index < -0.39 is 9.84 Å². The number of carbonyl (C=O) groups is 1. The van der Waals surface area contributed by atoms with Crippen molar-refractivity contribution in [3.05, 3.63) is 0 Å². The molecule has 1 saturated heterocycles. The first-order chi connectivity index (χ1) is 7.39. The van der Waals surface area contributed by atoms with Gasteiger partial charge in [-0.2, -0.15) is 0 Å². The number of rotatable bonds is 1. The van der Waals surface area contributed by atoms with Crippen LogP contribution in [0.4, 0.5) is 4.79 Å². The van der Waals surface area contributed by atoms with Gasteiger partial charge in [0.05, 0.1) is 11.5 Å². The fourth-order valence-electron chi connectivity index (χ4n) is 2.07. The van der Waals surface area contributed by atoms with Gasteiger partial charge in [-0.25, -0.2) is 13.2 Å². The number of sulfone groups is 1. The number of urea groups is 1. The number of nitrogens with zero attached hydrogens (tertiary/aromatic N) is 1. The Bertz CT molecular complexity index is 393. The normalized spacial score (nSPS) is 36.9. The smallest absolute Gasteiger partial charge is 0.317 e. The van der Waals surface area contributed by atoms with Crippen molar-refractivity contribution in [1.29, 1.82) is 0 Å². The van der Waals surface area contributed by atoms with Gasteiger partial charge >= 0.3 is 6.03 Å². The second kappa shape index (κ2) is 3.91. The lowest BCUT2D eigenvalue weighted by Gasteiger charge is -2.33. The summed E-state index contributed by atoms with van der Waals surface area (Å²) >= 11 is 0. The molecule has 1 aliphatic heterocycles. The Labute approximate surface area is 96.1 Å². The highest BCUT2D eigenvalue weighted by Crippen LogP contribution is 2.29. The van der Waals surface area contributed by atoms with Gasteiger partial charge in [-0.1, -0.05) is 6.92 Å². The van der Waals surface area contributed by atoms with Gasteiger partial charge in [-0.15, -0.1) is 0 Å². The molecule has 0 aromatic heterocycles. The summed E-state index contributed by atoms with van der Waals surface area (Å²) in [5, 5.41) is 2.92. The zero-order valence-electron chi connectivity index (χ0n) is 9.64. The molecule has 1 heterocycles. The second-order valence-electron chi connectivity index (χ2n) is 4.93. The van der Waals surface area contributed by atoms with Crippen LogP contribution in [0.2, 0.25) is 0 Å². The molecule has 1 saturated carbocycles. The van der Waals surface area contributed by atoms with Crippen LogP contribution >= 0.6 is 0 Å². The average molecular weight is 246 g/mol. The van der Waals surface area contributed by atoms with Crippen molar-refractivity contribution in [2.24, 2.45) is 5.92 Å². The van der Waals surface area contributed by atoms with Crippen molar-refractivity contribution in [2.75, 3.05) is 18.1 Å². The maximum absolute atomic E-state index is 11.8. The molecule has 2 aliphatic rings. The first kappa shape index (κ1) is 11.7. The Balaban J connectivity index is 1.92. The number of carbonyl (C=O) groups excluding carboxylic acids is 1. The molecular formula is C10H18N2O3S. The summed E-state index contributed by atoms with van der Waals surface area (Å²) in [5.74, 6) is 0.735. The third-order valence-electron chi connectivity index (χ3n) is 3.35. The summed E-state index contributed by atoms with van der Waals surface area (Å²) in [6.45, 7) is 4.19. The predicted molar refractivity (Wildman–Crippen MR) is 60.9 cm³/mol. The zero-order valence-corrected chi connectivity index (χ0v) is 10.5. The van der Waals surface area contributed by atoms with E-state index in [2.05, 4.69) is 12.2 Å². The molecule has 0 bridgehead atoms. The van der Waals surface area contributed by atoms with Gasteiger partial charge in [0, 0.05) is 18.6 Å². The molecule has 1 N–H and O–H groups in total. The van der Waals surface area contributed by atoms with Crippen molar-refractivity contribution in [3.8, 4) is 0 Å². The Hall–Kier alpha value is -0.780. The van der Waals surface area contributed by atoms with E-state index in [1.807, 2.05) is 0 Å². The lowest BCUT2D eigenvalue weighted by molar-refractivity contribution is 0.184. The van der Waals surface area contributed by atoms with E-state index in [1.165, 1.54) is 0 Å². The molecular weight excluding hydrogens is 228 g/mol. The second-order valence-corrected chi connectivity index (χ2v) is 7.15. The van der Waals surface area contributed by atoms with Gasteiger partial charge in [0.2, 0.25) is 0 Å². The number of hydrogen-bond acceptors (Lipinski definition) is 3. The summed E-state index contributed by atoms with van der Waals surface area (Å²) in [6, 6.07) is -0.0391. The molecule has 2 rings (SSSR count). The molecule has 0 aromatic rings. The van der Waals surface area contributed by atoms with Crippen molar-refractivity contribution in [2.45, 2.75) is 32.4 Å². The molecule has 2 fully saturated rings. The molecule has 0 aromatic carbocycles. The molecule has 2 amide bonds. The van der Waals surface area contributed by atoms with E-state index in [1.54, 1.807) is 11.8 Å². The Morgan fingerprint density at radius 1 is 1.38 bits per heavy atom. The number of amides is 2. The Morgan fingerprint density at radius 3 is 2.50 bits per heavy atom. The predicted octanol–water partition coefficient (Wildman–Crippen LogP) is 0.223. The maximum Gasteiger partial charge on any atom is 0.317 e. The van der Waals surface area contributed by atoms with E-state index in [4.69, 9.17) is 0 Å². The first-order valence-corrected chi connectivity index (χ1v) is 7.49. The minimum atomic E-state index is -2.94. The van der Waals surface area contributed by atoms with Crippen molar-refractivity contribution in [3.63, 3.8) is 0 Å². The molecule has 16 heavy (non-hydrogen) atoms. The summed E-state index contributed by atoms with van der Waals surface area (Å²) in [4.78, 5) is 13.5. The highest BCUT2D eigenvalue weighted by molar-refractivity contribution is 7.91. The molecule has 5 nitrogen and oxygen atoms in total. The monoisotopic (exact) mass is 246 g/mol. The fraction of sp³-hybridized carbons (Fsp3) is 0.900. The van der Waals surface area contributed by atoms with E-state index in [-0.39, 0.29) is 23.6 Å². The summed E-state index contributed by atoms with van der Waals surface area (Å²) < 4.78 is 22.7. The average Bonchev–Trinajstić information content (AvgIpc) is 2.79. The maximum atomic E-state index is 11.8. The minimum absolute atomic E-state index is 0.0840. The molecule has 3 unspecified atom stereocenters. The van der Waals surface area contributed by atoms with E-state index in [9.17, 15) is 13.2 Å². The van der Waals surface area contributed by atoms with Crippen molar-refractivity contribution in [1.82, 2.24) is 10.2 Å². The van der Waals surface area contributed by atoms with Crippen LogP contribution in [0.5, 0.6) is 0 Å². The summed E-state index contributed by atoms with van der Waals surface area (Å²) in [7, 11) is -2.94. The van der Waals surface area contributed by atoms with E-state index >= 15 is 0 Å². The van der Waals surface area contributed by atoms with Crippen LogP contribution in [0.3, 0.4) is 0 Å². The van der Waals surface area contributed by atoms with Gasteiger partial charge in [0.15, 0.2) is 9.84 Å². The first-order valence-electron chi connectivity index (χ1n) is 5.66. The van der Waals surface area contributed by atoms with Crippen molar-refractivity contribution >= 4 is 15.9 Å². The largest absolute Gasteiger partial charge is 0.335 e. The Kier molecular flexibility index (Phi) is 2.86. The van der Waals surface area contributed by atoms with Crippen LogP contribution in [0.25, 0.3) is 0 Å². The van der Waals surface area contributed by atoms with E-state index in [0.29, 0.717) is 18.5 Å². The third-order valence-corrected chi connectivity index (χ3v) is 5.14. The molecule has 0 radical (unpaired) electrons. The van der Waals surface area contributed by atoms with Crippen LogP contribution in [0.1, 0.15) is 20.3 Å². The van der Waals surface area contributed by atoms with Gasteiger partial charge in [-0.05, 0) is 19.3 Å². The van der Waals surface area contributed by atoms with Gasteiger partial charge < -0.3 is 10.2 Å². The van der Waals surface area contributed by atoms with Crippen LogP contribution in [0.15, 0.2) is 0 Å². The zero-order chi connectivity index (χ0) is 11.9.